The molecule has 0 unspecified atom stereocenters. The molecule has 4 nitrogen and oxygen atoms in total. The lowest BCUT2D eigenvalue weighted by atomic mass is 10.2. The molecule has 0 aromatic carbocycles. The second-order valence-electron chi connectivity index (χ2n) is 2.86. The maximum absolute atomic E-state index is 8.77. The van der Waals surface area contributed by atoms with Gasteiger partial charge < -0.3 is 10.4 Å². The van der Waals surface area contributed by atoms with Gasteiger partial charge in [0.15, 0.2) is 11.0 Å². The average molecular weight is 202 g/mol. The van der Waals surface area contributed by atoms with Crippen molar-refractivity contribution < 1.29 is 5.11 Å². The predicted octanol–water partition coefficient (Wildman–Crippen LogP) is 1.17. The van der Waals surface area contributed by atoms with E-state index in [2.05, 4.69) is 15.3 Å². The molecule has 5 heteroatoms. The minimum Gasteiger partial charge on any atom is -0.396 e. The lowest BCUT2D eigenvalue weighted by Crippen LogP contribution is -2.15. The SMILES string of the molecule is C[C@@H](CO)CNc1nccnc1Cl. The minimum absolute atomic E-state index is 0.144. The minimum atomic E-state index is 0.144. The van der Waals surface area contributed by atoms with Crippen LogP contribution in [0.25, 0.3) is 0 Å². The highest BCUT2D eigenvalue weighted by atomic mass is 35.5. The van der Waals surface area contributed by atoms with E-state index in [4.69, 9.17) is 16.7 Å². The summed E-state index contributed by atoms with van der Waals surface area (Å²) in [5.74, 6) is 0.738. The topological polar surface area (TPSA) is 58.0 Å². The maximum atomic E-state index is 8.77. The summed E-state index contributed by atoms with van der Waals surface area (Å²) in [5.41, 5.74) is 0. The highest BCUT2D eigenvalue weighted by Crippen LogP contribution is 2.14. The predicted molar refractivity (Wildman–Crippen MR) is 51.8 cm³/mol. The van der Waals surface area contributed by atoms with Crippen LogP contribution in [0.1, 0.15) is 6.92 Å². The Morgan fingerprint density at radius 1 is 1.54 bits per heavy atom. The van der Waals surface area contributed by atoms with Crippen molar-refractivity contribution in [1.29, 1.82) is 0 Å². The van der Waals surface area contributed by atoms with Gasteiger partial charge in [-0.2, -0.15) is 0 Å². The second-order valence-corrected chi connectivity index (χ2v) is 3.22. The van der Waals surface area contributed by atoms with Crippen LogP contribution < -0.4 is 5.32 Å². The summed E-state index contributed by atoms with van der Waals surface area (Å²) in [6.45, 7) is 2.71. The summed E-state index contributed by atoms with van der Waals surface area (Å²) in [6, 6.07) is 0. The molecule has 0 aliphatic carbocycles. The van der Waals surface area contributed by atoms with E-state index in [-0.39, 0.29) is 12.5 Å². The van der Waals surface area contributed by atoms with Crippen LogP contribution in [0.2, 0.25) is 5.15 Å². The molecule has 0 fully saturated rings. The number of aliphatic hydroxyl groups is 1. The molecule has 0 amide bonds. The van der Waals surface area contributed by atoms with Gasteiger partial charge in [-0.25, -0.2) is 9.97 Å². The Bertz CT molecular complexity index is 269. The van der Waals surface area contributed by atoms with E-state index in [1.807, 2.05) is 6.92 Å². The third-order valence-corrected chi connectivity index (χ3v) is 1.86. The number of aromatic nitrogens is 2. The number of nitrogens with zero attached hydrogens (tertiary/aromatic N) is 2. The molecule has 0 bridgehead atoms. The van der Waals surface area contributed by atoms with E-state index in [9.17, 15) is 0 Å². The highest BCUT2D eigenvalue weighted by molar-refractivity contribution is 6.31. The summed E-state index contributed by atoms with van der Waals surface area (Å²) in [5, 5.41) is 12.1. The van der Waals surface area contributed by atoms with Gasteiger partial charge >= 0.3 is 0 Å². The Morgan fingerprint density at radius 3 is 2.85 bits per heavy atom. The van der Waals surface area contributed by atoms with Crippen LogP contribution in [0.3, 0.4) is 0 Å². The molecule has 0 spiro atoms. The second kappa shape index (κ2) is 4.99. The normalized spacial score (nSPS) is 12.5. The van der Waals surface area contributed by atoms with Crippen molar-refractivity contribution in [3.63, 3.8) is 0 Å². The van der Waals surface area contributed by atoms with Gasteiger partial charge in [-0.1, -0.05) is 18.5 Å². The van der Waals surface area contributed by atoms with E-state index >= 15 is 0 Å². The third kappa shape index (κ3) is 3.16. The Labute approximate surface area is 82.0 Å². The number of nitrogens with one attached hydrogen (secondary N) is 1. The fraction of sp³-hybridized carbons (Fsp3) is 0.500. The molecule has 0 aliphatic rings. The fourth-order valence-electron chi connectivity index (χ4n) is 0.775. The molecule has 1 rings (SSSR count). The van der Waals surface area contributed by atoms with E-state index in [1.54, 1.807) is 6.20 Å². The van der Waals surface area contributed by atoms with Crippen molar-refractivity contribution in [3.05, 3.63) is 17.5 Å². The van der Waals surface area contributed by atoms with Gasteiger partial charge in [-0.05, 0) is 5.92 Å². The molecule has 0 radical (unpaired) electrons. The third-order valence-electron chi connectivity index (χ3n) is 1.58. The van der Waals surface area contributed by atoms with Crippen LogP contribution >= 0.6 is 11.6 Å². The molecule has 72 valence electrons. The van der Waals surface area contributed by atoms with Crippen molar-refractivity contribution >= 4 is 17.4 Å². The molecule has 1 aromatic rings. The number of halogens is 1. The van der Waals surface area contributed by atoms with E-state index in [0.717, 1.165) is 0 Å². The van der Waals surface area contributed by atoms with Crippen LogP contribution in [0.4, 0.5) is 5.82 Å². The van der Waals surface area contributed by atoms with E-state index in [0.29, 0.717) is 17.5 Å². The first-order valence-corrected chi connectivity index (χ1v) is 4.43. The van der Waals surface area contributed by atoms with Crippen LogP contribution in [0, 0.1) is 5.92 Å². The van der Waals surface area contributed by atoms with Crippen molar-refractivity contribution in [1.82, 2.24) is 9.97 Å². The van der Waals surface area contributed by atoms with E-state index in [1.165, 1.54) is 6.20 Å². The van der Waals surface area contributed by atoms with Crippen molar-refractivity contribution in [2.45, 2.75) is 6.92 Å². The zero-order valence-corrected chi connectivity index (χ0v) is 8.12. The van der Waals surface area contributed by atoms with Gasteiger partial charge in [0.1, 0.15) is 0 Å². The Kier molecular flexibility index (Phi) is 3.92. The first-order valence-electron chi connectivity index (χ1n) is 4.05. The van der Waals surface area contributed by atoms with Gasteiger partial charge in [0.25, 0.3) is 0 Å². The van der Waals surface area contributed by atoms with Crippen molar-refractivity contribution in [3.8, 4) is 0 Å². The number of anilines is 1. The fourth-order valence-corrected chi connectivity index (χ4v) is 0.947. The van der Waals surface area contributed by atoms with E-state index < -0.39 is 0 Å². The van der Waals surface area contributed by atoms with Crippen LogP contribution in [-0.4, -0.2) is 28.2 Å². The molecule has 0 saturated heterocycles. The van der Waals surface area contributed by atoms with Crippen LogP contribution in [0.15, 0.2) is 12.4 Å². The number of aliphatic hydroxyl groups excluding tert-OH is 1. The van der Waals surface area contributed by atoms with Gasteiger partial charge in [-0.15, -0.1) is 0 Å². The molecular weight excluding hydrogens is 190 g/mol. The number of hydrogen-bond donors (Lipinski definition) is 2. The van der Waals surface area contributed by atoms with Gasteiger partial charge in [0.05, 0.1) is 0 Å². The van der Waals surface area contributed by atoms with Crippen LogP contribution in [-0.2, 0) is 0 Å². The Balaban J connectivity index is 2.50. The molecule has 13 heavy (non-hydrogen) atoms. The monoisotopic (exact) mass is 201 g/mol. The standard InChI is InChI=1S/C8H12ClN3O/c1-6(5-13)4-12-8-7(9)10-2-3-11-8/h2-3,6,13H,4-5H2,1H3,(H,11,12)/t6-/m1/s1. The maximum Gasteiger partial charge on any atom is 0.171 e. The Morgan fingerprint density at radius 2 is 2.23 bits per heavy atom. The summed E-state index contributed by atoms with van der Waals surface area (Å²) in [4.78, 5) is 7.86. The van der Waals surface area contributed by atoms with Crippen molar-refractivity contribution in [2.75, 3.05) is 18.5 Å². The summed E-state index contributed by atoms with van der Waals surface area (Å²) in [6.07, 6.45) is 3.10. The lowest BCUT2D eigenvalue weighted by molar-refractivity contribution is 0.244. The molecule has 1 atom stereocenters. The molecule has 1 aromatic heterocycles. The summed E-state index contributed by atoms with van der Waals surface area (Å²) >= 11 is 5.75. The largest absolute Gasteiger partial charge is 0.396 e. The molecular formula is C8H12ClN3O. The number of hydrogen-bond acceptors (Lipinski definition) is 4. The van der Waals surface area contributed by atoms with Crippen molar-refractivity contribution in [2.24, 2.45) is 5.92 Å². The van der Waals surface area contributed by atoms with Crippen LogP contribution in [0.5, 0.6) is 0 Å². The van der Waals surface area contributed by atoms with Gasteiger partial charge in [0.2, 0.25) is 0 Å². The Hall–Kier alpha value is -0.870. The van der Waals surface area contributed by atoms with Gasteiger partial charge in [-0.3, -0.25) is 0 Å². The molecule has 0 saturated carbocycles. The zero-order valence-electron chi connectivity index (χ0n) is 7.37. The molecule has 1 heterocycles. The first kappa shape index (κ1) is 10.2. The quantitative estimate of drug-likeness (QED) is 0.768. The smallest absolute Gasteiger partial charge is 0.171 e. The average Bonchev–Trinajstić information content (AvgIpc) is 2.16. The number of rotatable bonds is 4. The first-order chi connectivity index (χ1) is 6.24. The molecule has 0 aliphatic heterocycles. The summed E-state index contributed by atoms with van der Waals surface area (Å²) < 4.78 is 0. The zero-order chi connectivity index (χ0) is 9.68. The van der Waals surface area contributed by atoms with Gasteiger partial charge in [0, 0.05) is 25.5 Å². The lowest BCUT2D eigenvalue weighted by Gasteiger charge is -2.09. The highest BCUT2D eigenvalue weighted by Gasteiger charge is 2.03. The molecule has 2 N–H and O–H groups in total. The summed E-state index contributed by atoms with van der Waals surface area (Å²) in [7, 11) is 0.